The maximum atomic E-state index is 11.1. The fourth-order valence-corrected chi connectivity index (χ4v) is 2.90. The lowest BCUT2D eigenvalue weighted by Crippen LogP contribution is -2.18. The third-order valence-electron chi connectivity index (χ3n) is 1.87. The van der Waals surface area contributed by atoms with Crippen molar-refractivity contribution < 1.29 is 13.2 Å². The Balaban J connectivity index is 2.48. The van der Waals surface area contributed by atoms with Crippen LogP contribution in [0.15, 0.2) is 28.0 Å². The van der Waals surface area contributed by atoms with Gasteiger partial charge in [0.05, 0.1) is 16.3 Å². The van der Waals surface area contributed by atoms with E-state index in [9.17, 15) is 13.2 Å². The van der Waals surface area contributed by atoms with Crippen LogP contribution < -0.4 is 5.32 Å². The van der Waals surface area contributed by atoms with Gasteiger partial charge < -0.3 is 5.32 Å². The summed E-state index contributed by atoms with van der Waals surface area (Å²) in [5, 5.41) is 2.64. The van der Waals surface area contributed by atoms with E-state index in [0.717, 1.165) is 4.90 Å². The molecular weight excluding hydrogens is 258 g/mol. The first-order valence-electron chi connectivity index (χ1n) is 3.98. The van der Waals surface area contributed by atoms with Gasteiger partial charge in [-0.2, -0.15) is 0 Å². The number of hydrogen-bond acceptors (Lipinski definition) is 4. The molecule has 0 unspecified atom stereocenters. The van der Waals surface area contributed by atoms with Gasteiger partial charge in [0.2, 0.25) is 5.91 Å². The van der Waals surface area contributed by atoms with E-state index in [-0.39, 0.29) is 10.8 Å². The largest absolute Gasteiger partial charge is 0.324 e. The Bertz CT molecular complexity index is 527. The highest BCUT2D eigenvalue weighted by molar-refractivity contribution is 8.13. The Morgan fingerprint density at radius 1 is 1.40 bits per heavy atom. The summed E-state index contributed by atoms with van der Waals surface area (Å²) in [4.78, 5) is 11.8. The lowest BCUT2D eigenvalue weighted by Gasteiger charge is -2.16. The van der Waals surface area contributed by atoms with Crippen LogP contribution in [0.3, 0.4) is 0 Å². The van der Waals surface area contributed by atoms with Crippen molar-refractivity contribution in [2.75, 3.05) is 11.1 Å². The minimum Gasteiger partial charge on any atom is -0.324 e. The second kappa shape index (κ2) is 3.70. The lowest BCUT2D eigenvalue weighted by atomic mass is 10.3. The zero-order valence-electron chi connectivity index (χ0n) is 7.36. The summed E-state index contributed by atoms with van der Waals surface area (Å²) in [7, 11) is 1.50. The monoisotopic (exact) mass is 263 g/mol. The molecule has 0 aliphatic carbocycles. The van der Waals surface area contributed by atoms with E-state index < -0.39 is 9.05 Å². The highest BCUT2D eigenvalue weighted by Crippen LogP contribution is 2.33. The molecule has 0 saturated carbocycles. The van der Waals surface area contributed by atoms with Gasteiger partial charge in [0, 0.05) is 15.6 Å². The number of benzene rings is 1. The van der Waals surface area contributed by atoms with Crippen LogP contribution in [0.2, 0.25) is 0 Å². The van der Waals surface area contributed by atoms with Crippen LogP contribution in [0, 0.1) is 0 Å². The summed E-state index contributed by atoms with van der Waals surface area (Å²) in [5.74, 6) is 0.202. The van der Waals surface area contributed by atoms with Gasteiger partial charge in [-0.1, -0.05) is 0 Å². The van der Waals surface area contributed by atoms with Crippen molar-refractivity contribution in [3.05, 3.63) is 18.2 Å². The first-order valence-corrected chi connectivity index (χ1v) is 7.28. The summed E-state index contributed by atoms with van der Waals surface area (Å²) in [5.41, 5.74) is 0.625. The Morgan fingerprint density at radius 3 is 2.80 bits per heavy atom. The molecule has 0 bridgehead atoms. The summed E-state index contributed by atoms with van der Waals surface area (Å²) >= 11 is 1.29. The molecule has 1 aromatic rings. The van der Waals surface area contributed by atoms with Crippen molar-refractivity contribution in [2.45, 2.75) is 9.79 Å². The zero-order valence-corrected chi connectivity index (χ0v) is 9.75. The zero-order chi connectivity index (χ0) is 11.1. The normalized spacial score (nSPS) is 15.7. The molecule has 0 radical (unpaired) electrons. The molecule has 80 valence electrons. The molecule has 0 fully saturated rings. The van der Waals surface area contributed by atoms with Crippen LogP contribution in [0.1, 0.15) is 0 Å². The Hall–Kier alpha value is -0.720. The van der Waals surface area contributed by atoms with Gasteiger partial charge in [0.1, 0.15) is 0 Å². The van der Waals surface area contributed by atoms with Gasteiger partial charge in [-0.15, -0.1) is 11.8 Å². The minimum atomic E-state index is -3.70. The number of halogens is 1. The van der Waals surface area contributed by atoms with Crippen LogP contribution in [0.4, 0.5) is 5.69 Å². The van der Waals surface area contributed by atoms with E-state index in [0.29, 0.717) is 11.4 Å². The number of amides is 1. The SMILES string of the molecule is O=C1CSc2cc(S(=O)(=O)Cl)ccc2N1. The van der Waals surface area contributed by atoms with E-state index >= 15 is 0 Å². The number of anilines is 1. The highest BCUT2D eigenvalue weighted by atomic mass is 35.7. The molecule has 1 aliphatic rings. The number of carbonyl (C=O) groups is 1. The predicted octanol–water partition coefficient (Wildman–Crippen LogP) is 1.66. The third kappa shape index (κ3) is 2.27. The van der Waals surface area contributed by atoms with E-state index in [1.165, 1.54) is 30.0 Å². The molecule has 15 heavy (non-hydrogen) atoms. The van der Waals surface area contributed by atoms with E-state index in [1.807, 2.05) is 0 Å². The van der Waals surface area contributed by atoms with Gasteiger partial charge in [-0.3, -0.25) is 4.79 Å². The quantitative estimate of drug-likeness (QED) is 0.783. The fraction of sp³-hybridized carbons (Fsp3) is 0.125. The molecule has 1 amide bonds. The molecule has 1 aliphatic heterocycles. The van der Waals surface area contributed by atoms with Crippen LogP contribution in [0.25, 0.3) is 0 Å². The number of nitrogens with one attached hydrogen (secondary N) is 1. The first kappa shape index (κ1) is 10.8. The molecule has 7 heteroatoms. The summed E-state index contributed by atoms with van der Waals surface area (Å²) in [6, 6.07) is 4.36. The third-order valence-corrected chi connectivity index (χ3v) is 4.27. The number of rotatable bonds is 1. The molecule has 1 heterocycles. The first-order chi connectivity index (χ1) is 6.97. The summed E-state index contributed by atoms with van der Waals surface area (Å²) in [6.45, 7) is 0. The maximum absolute atomic E-state index is 11.1. The molecule has 4 nitrogen and oxygen atoms in total. The number of carbonyl (C=O) groups excluding carboxylic acids is 1. The molecule has 1 N–H and O–H groups in total. The van der Waals surface area contributed by atoms with Crippen LogP contribution >= 0.6 is 22.4 Å². The Kier molecular flexibility index (Phi) is 2.66. The highest BCUT2D eigenvalue weighted by Gasteiger charge is 2.18. The average Bonchev–Trinajstić information content (AvgIpc) is 2.15. The van der Waals surface area contributed by atoms with Gasteiger partial charge in [0.25, 0.3) is 9.05 Å². The smallest absolute Gasteiger partial charge is 0.261 e. The van der Waals surface area contributed by atoms with Crippen molar-refractivity contribution in [3.8, 4) is 0 Å². The predicted molar refractivity (Wildman–Crippen MR) is 58.8 cm³/mol. The summed E-state index contributed by atoms with van der Waals surface area (Å²) < 4.78 is 22.1. The minimum absolute atomic E-state index is 0.0477. The maximum Gasteiger partial charge on any atom is 0.261 e. The van der Waals surface area contributed by atoms with Gasteiger partial charge in [-0.25, -0.2) is 8.42 Å². The molecule has 0 saturated heterocycles. The van der Waals surface area contributed by atoms with Crippen molar-refractivity contribution in [1.29, 1.82) is 0 Å². The van der Waals surface area contributed by atoms with Gasteiger partial charge in [-0.05, 0) is 18.2 Å². The number of thioether (sulfide) groups is 1. The van der Waals surface area contributed by atoms with Crippen molar-refractivity contribution in [1.82, 2.24) is 0 Å². The topological polar surface area (TPSA) is 63.2 Å². The van der Waals surface area contributed by atoms with Crippen molar-refractivity contribution >= 4 is 43.1 Å². The van der Waals surface area contributed by atoms with E-state index in [4.69, 9.17) is 10.7 Å². The van der Waals surface area contributed by atoms with Gasteiger partial charge >= 0.3 is 0 Å². The van der Waals surface area contributed by atoms with Crippen molar-refractivity contribution in [2.24, 2.45) is 0 Å². The van der Waals surface area contributed by atoms with E-state index in [1.54, 1.807) is 0 Å². The van der Waals surface area contributed by atoms with Crippen molar-refractivity contribution in [3.63, 3.8) is 0 Å². The molecule has 0 atom stereocenters. The number of hydrogen-bond donors (Lipinski definition) is 1. The fourth-order valence-electron chi connectivity index (χ4n) is 1.21. The lowest BCUT2D eigenvalue weighted by molar-refractivity contribution is -0.113. The molecule has 0 aromatic heterocycles. The number of fused-ring (bicyclic) bond motifs is 1. The molecule has 0 spiro atoms. The van der Waals surface area contributed by atoms with E-state index in [2.05, 4.69) is 5.32 Å². The average molecular weight is 264 g/mol. The van der Waals surface area contributed by atoms with Gasteiger partial charge in [0.15, 0.2) is 0 Å². The Labute approximate surface area is 95.4 Å². The second-order valence-corrected chi connectivity index (χ2v) is 6.52. The second-order valence-electron chi connectivity index (χ2n) is 2.93. The van der Waals surface area contributed by atoms with Crippen LogP contribution in [-0.4, -0.2) is 20.1 Å². The molecular formula is C8H6ClNO3S2. The molecule has 1 aromatic carbocycles. The molecule has 2 rings (SSSR count). The standard InChI is InChI=1S/C8H6ClNO3S2/c9-15(12,13)5-1-2-6-7(3-5)14-4-8(11)10-6/h1-3H,4H2,(H,10,11). The summed E-state index contributed by atoms with van der Waals surface area (Å²) in [6.07, 6.45) is 0. The van der Waals surface area contributed by atoms with Crippen LogP contribution in [0.5, 0.6) is 0 Å². The van der Waals surface area contributed by atoms with Crippen LogP contribution in [-0.2, 0) is 13.8 Å². The Morgan fingerprint density at radius 2 is 2.13 bits per heavy atom.